The fourth-order valence-electron chi connectivity index (χ4n) is 2.09. The van der Waals surface area contributed by atoms with Gasteiger partial charge in [0.1, 0.15) is 5.82 Å². The Hall–Kier alpha value is -0.970. The monoisotopic (exact) mass is 272 g/mol. The lowest BCUT2D eigenvalue weighted by Crippen LogP contribution is -2.28. The summed E-state index contributed by atoms with van der Waals surface area (Å²) in [5, 5.41) is 0. The quantitative estimate of drug-likeness (QED) is 0.796. The fraction of sp³-hybridized carbons (Fsp3) is 0.538. The van der Waals surface area contributed by atoms with Gasteiger partial charge in [0.25, 0.3) is 0 Å². The molecule has 0 amide bonds. The highest BCUT2D eigenvalue weighted by Gasteiger charge is 2.25. The van der Waals surface area contributed by atoms with Gasteiger partial charge in [0.05, 0.1) is 11.4 Å². The van der Waals surface area contributed by atoms with E-state index in [4.69, 9.17) is 5.73 Å². The summed E-state index contributed by atoms with van der Waals surface area (Å²) in [6.07, 6.45) is 0.967. The van der Waals surface area contributed by atoms with Crippen molar-refractivity contribution in [2.24, 2.45) is 0 Å². The molecule has 2 rings (SSSR count). The van der Waals surface area contributed by atoms with Gasteiger partial charge in [-0.05, 0) is 12.5 Å². The average Bonchev–Trinajstić information content (AvgIpc) is 2.45. The van der Waals surface area contributed by atoms with Crippen molar-refractivity contribution < 1.29 is 8.78 Å². The number of benzene rings is 1. The zero-order valence-corrected chi connectivity index (χ0v) is 11.5. The number of nitrogen functional groups attached to an aromatic ring is 1. The molecule has 0 radical (unpaired) electrons. The molecule has 1 aromatic rings. The van der Waals surface area contributed by atoms with E-state index in [1.54, 1.807) is 0 Å². The van der Waals surface area contributed by atoms with Crippen molar-refractivity contribution in [2.75, 3.05) is 29.5 Å². The lowest BCUT2D eigenvalue weighted by atomic mass is 10.1. The Kier molecular flexibility index (Phi) is 3.71. The van der Waals surface area contributed by atoms with Crippen molar-refractivity contribution in [2.45, 2.75) is 25.0 Å². The number of anilines is 2. The summed E-state index contributed by atoms with van der Waals surface area (Å²) in [6, 6.07) is 2.15. The Balaban J connectivity index is 2.26. The van der Waals surface area contributed by atoms with E-state index >= 15 is 0 Å². The van der Waals surface area contributed by atoms with Crippen molar-refractivity contribution in [1.29, 1.82) is 0 Å². The third-order valence-electron chi connectivity index (χ3n) is 3.25. The molecule has 0 bridgehead atoms. The Labute approximate surface area is 111 Å². The smallest absolute Gasteiger partial charge is 0.151 e. The number of nitrogens with two attached hydrogens (primary N) is 1. The third kappa shape index (κ3) is 2.88. The van der Waals surface area contributed by atoms with E-state index in [2.05, 4.69) is 13.8 Å². The van der Waals surface area contributed by atoms with Gasteiger partial charge in [-0.2, -0.15) is 11.8 Å². The largest absolute Gasteiger partial charge is 0.395 e. The maximum absolute atomic E-state index is 13.5. The lowest BCUT2D eigenvalue weighted by Gasteiger charge is -2.25. The molecule has 5 heteroatoms. The van der Waals surface area contributed by atoms with Gasteiger partial charge >= 0.3 is 0 Å². The van der Waals surface area contributed by atoms with Crippen LogP contribution in [0.5, 0.6) is 0 Å². The summed E-state index contributed by atoms with van der Waals surface area (Å²) in [4.78, 5) is 1.98. The normalized spacial score (nSPS) is 19.7. The summed E-state index contributed by atoms with van der Waals surface area (Å²) < 4.78 is 26.9. The first-order valence-corrected chi connectivity index (χ1v) is 7.01. The minimum absolute atomic E-state index is 0.0427. The second kappa shape index (κ2) is 4.96. The Morgan fingerprint density at radius 3 is 2.72 bits per heavy atom. The molecule has 0 unspecified atom stereocenters. The molecular formula is C13H18F2N2S. The summed E-state index contributed by atoms with van der Waals surface area (Å²) in [5.74, 6) is -0.320. The molecule has 2 N–H and O–H groups in total. The van der Waals surface area contributed by atoms with Crippen molar-refractivity contribution in [3.8, 4) is 0 Å². The molecule has 1 aliphatic heterocycles. The minimum Gasteiger partial charge on any atom is -0.395 e. The molecule has 18 heavy (non-hydrogen) atoms. The van der Waals surface area contributed by atoms with E-state index in [9.17, 15) is 8.78 Å². The molecule has 0 aliphatic carbocycles. The number of hydrogen-bond donors (Lipinski definition) is 1. The summed E-state index contributed by atoms with van der Waals surface area (Å²) in [7, 11) is 0. The Bertz CT molecular complexity index is 449. The van der Waals surface area contributed by atoms with Crippen LogP contribution < -0.4 is 10.6 Å². The van der Waals surface area contributed by atoms with Gasteiger partial charge in [0.2, 0.25) is 0 Å². The topological polar surface area (TPSA) is 29.3 Å². The Morgan fingerprint density at radius 2 is 2.00 bits per heavy atom. The van der Waals surface area contributed by atoms with Gasteiger partial charge in [0, 0.05) is 29.7 Å². The van der Waals surface area contributed by atoms with Crippen LogP contribution in [0.4, 0.5) is 20.2 Å². The Morgan fingerprint density at radius 1 is 1.28 bits per heavy atom. The van der Waals surface area contributed by atoms with Gasteiger partial charge in [-0.15, -0.1) is 0 Å². The van der Waals surface area contributed by atoms with Gasteiger partial charge in [-0.1, -0.05) is 13.8 Å². The van der Waals surface area contributed by atoms with Crippen LogP contribution >= 0.6 is 11.8 Å². The van der Waals surface area contributed by atoms with Crippen LogP contribution in [0.25, 0.3) is 0 Å². The van der Waals surface area contributed by atoms with Crippen LogP contribution in [-0.2, 0) is 0 Å². The highest BCUT2D eigenvalue weighted by Crippen LogP contribution is 2.34. The van der Waals surface area contributed by atoms with Crippen LogP contribution in [0.2, 0.25) is 0 Å². The first-order chi connectivity index (χ1) is 8.39. The molecule has 0 aromatic heterocycles. The van der Waals surface area contributed by atoms with Crippen LogP contribution in [0, 0.1) is 11.6 Å². The van der Waals surface area contributed by atoms with E-state index < -0.39 is 11.6 Å². The fourth-order valence-corrected chi connectivity index (χ4v) is 3.19. The van der Waals surface area contributed by atoms with E-state index in [0.29, 0.717) is 5.69 Å². The van der Waals surface area contributed by atoms with Crippen molar-refractivity contribution in [3.63, 3.8) is 0 Å². The summed E-state index contributed by atoms with van der Waals surface area (Å²) in [6.45, 7) is 5.92. The maximum atomic E-state index is 13.5. The van der Waals surface area contributed by atoms with Gasteiger partial charge < -0.3 is 10.6 Å². The summed E-state index contributed by atoms with van der Waals surface area (Å²) in [5.41, 5.74) is 6.23. The molecule has 0 saturated carbocycles. The number of halogens is 2. The predicted molar refractivity (Wildman–Crippen MR) is 74.1 cm³/mol. The van der Waals surface area contributed by atoms with Crippen molar-refractivity contribution in [1.82, 2.24) is 0 Å². The minimum atomic E-state index is -0.679. The SMILES string of the molecule is CC1(C)CCN(c2cc(F)cc(F)c2N)CCS1. The second-order valence-corrected chi connectivity index (χ2v) is 6.97. The van der Waals surface area contributed by atoms with E-state index in [0.717, 1.165) is 31.3 Å². The third-order valence-corrected chi connectivity index (χ3v) is 4.62. The van der Waals surface area contributed by atoms with Gasteiger partial charge in [-0.25, -0.2) is 8.78 Å². The van der Waals surface area contributed by atoms with E-state index in [1.165, 1.54) is 6.07 Å². The first-order valence-electron chi connectivity index (χ1n) is 6.02. The van der Waals surface area contributed by atoms with Gasteiger partial charge in [0.15, 0.2) is 5.82 Å². The van der Waals surface area contributed by atoms with Crippen LogP contribution in [-0.4, -0.2) is 23.6 Å². The van der Waals surface area contributed by atoms with Crippen molar-refractivity contribution in [3.05, 3.63) is 23.8 Å². The van der Waals surface area contributed by atoms with Crippen LogP contribution in [0.15, 0.2) is 12.1 Å². The lowest BCUT2D eigenvalue weighted by molar-refractivity contribution is 0.583. The predicted octanol–water partition coefficient (Wildman–Crippen LogP) is 3.27. The maximum Gasteiger partial charge on any atom is 0.151 e. The molecular weight excluding hydrogens is 254 g/mol. The number of thioether (sulfide) groups is 1. The zero-order chi connectivity index (χ0) is 13.3. The van der Waals surface area contributed by atoms with Crippen LogP contribution in [0.3, 0.4) is 0 Å². The first kappa shape index (κ1) is 13.5. The standard InChI is InChI=1S/C13H18F2N2S/c1-13(2)3-4-17(5-6-18-13)11-8-9(14)7-10(15)12(11)16/h7-8H,3-6,16H2,1-2H3. The molecule has 1 heterocycles. The molecule has 0 atom stereocenters. The van der Waals surface area contributed by atoms with E-state index in [1.807, 2.05) is 16.7 Å². The van der Waals surface area contributed by atoms with Crippen molar-refractivity contribution >= 4 is 23.1 Å². The number of hydrogen-bond acceptors (Lipinski definition) is 3. The summed E-state index contributed by atoms with van der Waals surface area (Å²) >= 11 is 1.88. The zero-order valence-electron chi connectivity index (χ0n) is 10.7. The van der Waals surface area contributed by atoms with Gasteiger partial charge in [-0.3, -0.25) is 0 Å². The molecule has 1 aliphatic rings. The van der Waals surface area contributed by atoms with Crippen LogP contribution in [0.1, 0.15) is 20.3 Å². The highest BCUT2D eigenvalue weighted by atomic mass is 32.2. The second-order valence-electron chi connectivity index (χ2n) is 5.17. The number of rotatable bonds is 1. The molecule has 0 spiro atoms. The molecule has 1 saturated heterocycles. The molecule has 2 nitrogen and oxygen atoms in total. The molecule has 1 fully saturated rings. The average molecular weight is 272 g/mol. The highest BCUT2D eigenvalue weighted by molar-refractivity contribution is 8.00. The molecule has 100 valence electrons. The van der Waals surface area contributed by atoms with E-state index in [-0.39, 0.29) is 10.4 Å². The molecule has 1 aromatic carbocycles. The number of nitrogens with zero attached hydrogens (tertiary/aromatic N) is 1.